The fourth-order valence-corrected chi connectivity index (χ4v) is 7.04. The number of carboxylic acid groups (broad SMARTS) is 2. The maximum atomic E-state index is 14.0. The standard InChI is InChI=1S/C35H38ClNO8/c1-6-44-27-12-21(11-22(36)32(27)45-18-19-7-9-20(10-8-19)33(42)43)29-30-23(13-34(2,3)15-25(30)38)37(17-28(40)41)24-14-35(4,5)16-26(39)31(24)29/h7-12,29H,6,13-18H2,1-5H3,(H,40,41)(H,42,43). The van der Waals surface area contributed by atoms with Crippen LogP contribution in [0.4, 0.5) is 0 Å². The second-order valence-corrected chi connectivity index (χ2v) is 14.0. The molecule has 0 bridgehead atoms. The van der Waals surface area contributed by atoms with Gasteiger partial charge in [0, 0.05) is 41.3 Å². The van der Waals surface area contributed by atoms with E-state index in [-0.39, 0.29) is 53.9 Å². The van der Waals surface area contributed by atoms with Crippen molar-refractivity contribution in [3.63, 3.8) is 0 Å². The minimum atomic E-state index is -1.04. The summed E-state index contributed by atoms with van der Waals surface area (Å²) < 4.78 is 12.1. The van der Waals surface area contributed by atoms with Crippen molar-refractivity contribution in [2.75, 3.05) is 13.2 Å². The van der Waals surface area contributed by atoms with Crippen molar-refractivity contribution in [3.8, 4) is 11.5 Å². The summed E-state index contributed by atoms with van der Waals surface area (Å²) in [4.78, 5) is 53.0. The predicted molar refractivity (Wildman–Crippen MR) is 168 cm³/mol. The van der Waals surface area contributed by atoms with E-state index in [1.54, 1.807) is 29.2 Å². The zero-order valence-electron chi connectivity index (χ0n) is 26.2. The molecule has 5 rings (SSSR count). The van der Waals surface area contributed by atoms with Crippen LogP contribution in [0.2, 0.25) is 5.02 Å². The van der Waals surface area contributed by atoms with Crippen LogP contribution in [0.3, 0.4) is 0 Å². The Morgan fingerprint density at radius 3 is 1.93 bits per heavy atom. The van der Waals surface area contributed by atoms with Crippen LogP contribution in [0, 0.1) is 10.8 Å². The van der Waals surface area contributed by atoms with Crippen LogP contribution in [0.15, 0.2) is 58.9 Å². The molecule has 0 saturated carbocycles. The average molecular weight is 636 g/mol. The quantitative estimate of drug-likeness (QED) is 0.306. The maximum absolute atomic E-state index is 14.0. The van der Waals surface area contributed by atoms with Gasteiger partial charge in [-0.05, 0) is 66.0 Å². The molecule has 2 aromatic rings. The maximum Gasteiger partial charge on any atom is 0.335 e. The van der Waals surface area contributed by atoms with Gasteiger partial charge in [-0.25, -0.2) is 4.79 Å². The van der Waals surface area contributed by atoms with Gasteiger partial charge in [0.1, 0.15) is 13.2 Å². The summed E-state index contributed by atoms with van der Waals surface area (Å²) in [5.41, 5.74) is 2.87. The van der Waals surface area contributed by atoms with E-state index < -0.39 is 28.7 Å². The Morgan fingerprint density at radius 1 is 0.889 bits per heavy atom. The molecule has 2 aromatic carbocycles. The van der Waals surface area contributed by atoms with Crippen molar-refractivity contribution >= 4 is 35.1 Å². The van der Waals surface area contributed by atoms with Crippen molar-refractivity contribution in [2.45, 2.75) is 72.8 Å². The first-order valence-electron chi connectivity index (χ1n) is 15.0. The van der Waals surface area contributed by atoms with Gasteiger partial charge >= 0.3 is 11.9 Å². The summed E-state index contributed by atoms with van der Waals surface area (Å²) in [6.45, 7) is 9.84. The highest BCUT2D eigenvalue weighted by molar-refractivity contribution is 6.32. The number of hydrogen-bond acceptors (Lipinski definition) is 7. The zero-order valence-corrected chi connectivity index (χ0v) is 26.9. The molecule has 0 radical (unpaired) electrons. The van der Waals surface area contributed by atoms with Gasteiger partial charge in [-0.1, -0.05) is 51.4 Å². The molecule has 0 unspecified atom stereocenters. The summed E-state index contributed by atoms with van der Waals surface area (Å²) in [5, 5.41) is 19.3. The number of carbonyl (C=O) groups is 4. The fourth-order valence-electron chi connectivity index (χ4n) is 6.76. The zero-order chi connectivity index (χ0) is 32.8. The van der Waals surface area contributed by atoms with Crippen LogP contribution in [-0.2, 0) is 21.0 Å². The van der Waals surface area contributed by atoms with E-state index in [9.17, 15) is 29.4 Å². The minimum Gasteiger partial charge on any atom is -0.490 e. The number of Topliss-reactive ketones (excluding diaryl/α,β-unsaturated/α-hetero) is 2. The third-order valence-corrected chi connectivity index (χ3v) is 8.85. The van der Waals surface area contributed by atoms with E-state index in [1.807, 2.05) is 34.6 Å². The SMILES string of the molecule is CCOc1cc(C2C3=C(CC(C)(C)CC3=O)N(CC(=O)O)C3=C2C(=O)CC(C)(C)C3)cc(Cl)c1OCc1ccc(C(=O)O)cc1. The van der Waals surface area contributed by atoms with Gasteiger partial charge < -0.3 is 24.6 Å². The van der Waals surface area contributed by atoms with Crippen molar-refractivity contribution in [1.82, 2.24) is 4.90 Å². The topological polar surface area (TPSA) is 130 Å². The normalized spacial score (nSPS) is 19.3. The van der Waals surface area contributed by atoms with E-state index >= 15 is 0 Å². The Balaban J connectivity index is 1.64. The highest BCUT2D eigenvalue weighted by Gasteiger charge is 2.49. The van der Waals surface area contributed by atoms with Crippen molar-refractivity contribution in [2.24, 2.45) is 10.8 Å². The highest BCUT2D eigenvalue weighted by Crippen LogP contribution is 2.55. The summed E-state index contributed by atoms with van der Waals surface area (Å²) in [6, 6.07) is 9.75. The Labute approximate surface area is 267 Å². The number of ketones is 2. The van der Waals surface area contributed by atoms with Crippen LogP contribution >= 0.6 is 11.6 Å². The predicted octanol–water partition coefficient (Wildman–Crippen LogP) is 6.79. The van der Waals surface area contributed by atoms with Crippen molar-refractivity contribution in [3.05, 3.63) is 80.7 Å². The van der Waals surface area contributed by atoms with Gasteiger partial charge in [0.2, 0.25) is 0 Å². The molecule has 238 valence electrons. The Hall–Kier alpha value is -4.11. The van der Waals surface area contributed by atoms with E-state index in [0.29, 0.717) is 53.3 Å². The molecule has 2 aliphatic carbocycles. The summed E-state index contributed by atoms with van der Waals surface area (Å²) in [7, 11) is 0. The largest absolute Gasteiger partial charge is 0.490 e. The minimum absolute atomic E-state index is 0.0956. The van der Waals surface area contributed by atoms with E-state index in [0.717, 1.165) is 5.56 Å². The molecule has 0 aromatic heterocycles. The lowest BCUT2D eigenvalue weighted by Gasteiger charge is -2.48. The van der Waals surface area contributed by atoms with E-state index in [4.69, 9.17) is 21.1 Å². The number of hydrogen-bond donors (Lipinski definition) is 2. The van der Waals surface area contributed by atoms with Crippen LogP contribution < -0.4 is 9.47 Å². The lowest BCUT2D eigenvalue weighted by atomic mass is 9.63. The monoisotopic (exact) mass is 635 g/mol. The molecule has 0 amide bonds. The molecule has 1 aliphatic heterocycles. The number of aromatic carboxylic acids is 1. The Kier molecular flexibility index (Phi) is 8.61. The van der Waals surface area contributed by atoms with Crippen LogP contribution in [0.5, 0.6) is 11.5 Å². The number of benzene rings is 2. The number of halogens is 1. The smallest absolute Gasteiger partial charge is 0.335 e. The molecule has 3 aliphatic rings. The lowest BCUT2D eigenvalue weighted by Crippen LogP contribution is -2.45. The first-order chi connectivity index (χ1) is 21.1. The van der Waals surface area contributed by atoms with Gasteiger partial charge in [-0.3, -0.25) is 14.4 Å². The lowest BCUT2D eigenvalue weighted by molar-refractivity contribution is -0.138. The van der Waals surface area contributed by atoms with Gasteiger partial charge in [-0.15, -0.1) is 0 Å². The third kappa shape index (κ3) is 6.50. The van der Waals surface area contributed by atoms with Crippen LogP contribution in [0.1, 0.15) is 87.7 Å². The molecule has 0 atom stereocenters. The third-order valence-electron chi connectivity index (χ3n) is 8.56. The molecule has 10 heteroatoms. The molecule has 0 saturated heterocycles. The van der Waals surface area contributed by atoms with Crippen molar-refractivity contribution in [1.29, 1.82) is 0 Å². The molecule has 9 nitrogen and oxygen atoms in total. The number of carboxylic acids is 2. The van der Waals surface area contributed by atoms with Gasteiger partial charge in [0.15, 0.2) is 23.1 Å². The molecular formula is C35H38ClNO8. The summed E-state index contributed by atoms with van der Waals surface area (Å²) >= 11 is 6.86. The highest BCUT2D eigenvalue weighted by atomic mass is 35.5. The Morgan fingerprint density at radius 2 is 1.44 bits per heavy atom. The number of allylic oxidation sites excluding steroid dienone is 4. The second kappa shape index (κ2) is 12.0. The second-order valence-electron chi connectivity index (χ2n) is 13.6. The number of rotatable bonds is 9. The van der Waals surface area contributed by atoms with Crippen LogP contribution in [-0.4, -0.2) is 51.8 Å². The molecule has 0 spiro atoms. The number of nitrogens with zero attached hydrogens (tertiary/aromatic N) is 1. The van der Waals surface area contributed by atoms with Gasteiger partial charge in [0.05, 0.1) is 17.2 Å². The average Bonchev–Trinajstić information content (AvgIpc) is 2.92. The fraction of sp³-hybridized carbons (Fsp3) is 0.429. The first kappa shape index (κ1) is 32.3. The molecule has 45 heavy (non-hydrogen) atoms. The molecular weight excluding hydrogens is 598 g/mol. The van der Waals surface area contributed by atoms with E-state index in [2.05, 4.69) is 0 Å². The van der Waals surface area contributed by atoms with Gasteiger partial charge in [-0.2, -0.15) is 0 Å². The summed E-state index contributed by atoms with van der Waals surface area (Å²) in [5.74, 6) is -2.42. The number of carbonyl (C=O) groups excluding carboxylic acids is 2. The number of aliphatic carboxylic acids is 1. The first-order valence-corrected chi connectivity index (χ1v) is 15.4. The molecule has 2 N–H and O–H groups in total. The Bertz CT molecular complexity index is 1600. The molecule has 0 fully saturated rings. The van der Waals surface area contributed by atoms with Crippen LogP contribution in [0.25, 0.3) is 0 Å². The molecule has 1 heterocycles. The summed E-state index contributed by atoms with van der Waals surface area (Å²) in [6.07, 6.45) is 1.49. The van der Waals surface area contributed by atoms with Crippen molar-refractivity contribution < 1.29 is 38.9 Å². The van der Waals surface area contributed by atoms with E-state index in [1.165, 1.54) is 12.1 Å². The number of ether oxygens (including phenoxy) is 2. The van der Waals surface area contributed by atoms with Gasteiger partial charge in [0.25, 0.3) is 0 Å².